The minimum atomic E-state index is -0.572. The SMILES string of the molecule is COc1ccc2cc1-c1cccc(c1)OCC(=O)NCc1ccc(cc1)O[C@@H]1CCN(C(=O)c3c[nH]c(=O)[nH]3)C[C@H]1NC2=O. The van der Waals surface area contributed by atoms with Crippen LogP contribution in [0.4, 0.5) is 0 Å². The average molecular weight is 598 g/mol. The number of nitrogens with one attached hydrogen (secondary N) is 4. The van der Waals surface area contributed by atoms with E-state index >= 15 is 0 Å². The van der Waals surface area contributed by atoms with Gasteiger partial charge < -0.3 is 39.7 Å². The molecule has 4 N–H and O–H groups in total. The number of methoxy groups -OCH3 is 1. The van der Waals surface area contributed by atoms with E-state index in [0.29, 0.717) is 47.9 Å². The molecule has 0 saturated carbocycles. The first-order valence-corrected chi connectivity index (χ1v) is 14.2. The molecule has 12 nitrogen and oxygen atoms in total. The van der Waals surface area contributed by atoms with E-state index in [0.717, 1.165) is 11.1 Å². The Morgan fingerprint density at radius 1 is 0.977 bits per heavy atom. The predicted octanol–water partition coefficient (Wildman–Crippen LogP) is 2.48. The number of aromatic nitrogens is 2. The maximum absolute atomic E-state index is 13.7. The fraction of sp³-hybridized carbons (Fsp3) is 0.250. The van der Waals surface area contributed by atoms with E-state index in [4.69, 9.17) is 14.2 Å². The Bertz CT molecular complexity index is 1750. The zero-order valence-electron chi connectivity index (χ0n) is 23.9. The molecule has 0 unspecified atom stereocenters. The van der Waals surface area contributed by atoms with Crippen molar-refractivity contribution >= 4 is 17.7 Å². The lowest BCUT2D eigenvalue weighted by Gasteiger charge is -2.38. The third-order valence-electron chi connectivity index (χ3n) is 7.66. The molecule has 3 aromatic carbocycles. The number of hydrogen-bond acceptors (Lipinski definition) is 7. The zero-order chi connectivity index (χ0) is 30.6. The second-order valence-electron chi connectivity index (χ2n) is 10.6. The van der Waals surface area contributed by atoms with E-state index in [1.165, 1.54) is 6.20 Å². The summed E-state index contributed by atoms with van der Waals surface area (Å²) in [6.45, 7) is 0.674. The van der Waals surface area contributed by atoms with Crippen LogP contribution in [0, 0.1) is 0 Å². The van der Waals surface area contributed by atoms with E-state index in [2.05, 4.69) is 20.6 Å². The van der Waals surface area contributed by atoms with Crippen molar-refractivity contribution in [3.05, 3.63) is 100 Å². The van der Waals surface area contributed by atoms with E-state index in [1.807, 2.05) is 18.2 Å². The van der Waals surface area contributed by atoms with Crippen molar-refractivity contribution in [1.29, 1.82) is 0 Å². The smallest absolute Gasteiger partial charge is 0.323 e. The predicted molar refractivity (Wildman–Crippen MR) is 160 cm³/mol. The molecule has 2 atom stereocenters. The van der Waals surface area contributed by atoms with Crippen LogP contribution in [0.25, 0.3) is 11.1 Å². The summed E-state index contributed by atoms with van der Waals surface area (Å²) < 4.78 is 17.7. The lowest BCUT2D eigenvalue weighted by molar-refractivity contribution is -0.123. The highest BCUT2D eigenvalue weighted by Crippen LogP contribution is 2.33. The molecule has 7 rings (SSSR count). The highest BCUT2D eigenvalue weighted by atomic mass is 16.5. The summed E-state index contributed by atoms with van der Waals surface area (Å²) in [5.41, 5.74) is 2.31. The molecule has 0 aliphatic carbocycles. The number of nitrogens with zero attached hydrogens (tertiary/aromatic N) is 1. The van der Waals surface area contributed by atoms with Crippen molar-refractivity contribution < 1.29 is 28.6 Å². The van der Waals surface area contributed by atoms with Gasteiger partial charge in [-0.05, 0) is 53.6 Å². The van der Waals surface area contributed by atoms with Crippen LogP contribution in [0.5, 0.6) is 17.2 Å². The van der Waals surface area contributed by atoms with Crippen LogP contribution in [0.2, 0.25) is 0 Å². The molecule has 44 heavy (non-hydrogen) atoms. The second-order valence-corrected chi connectivity index (χ2v) is 10.6. The molecule has 12 heteroatoms. The van der Waals surface area contributed by atoms with Gasteiger partial charge in [0.25, 0.3) is 17.7 Å². The highest BCUT2D eigenvalue weighted by Gasteiger charge is 2.35. The normalized spacial score (nSPS) is 18.6. The summed E-state index contributed by atoms with van der Waals surface area (Å²) in [6.07, 6.45) is 1.32. The summed E-state index contributed by atoms with van der Waals surface area (Å²) in [6, 6.07) is 19.0. The Morgan fingerprint density at radius 2 is 1.82 bits per heavy atom. The van der Waals surface area contributed by atoms with E-state index in [-0.39, 0.29) is 36.6 Å². The average Bonchev–Trinajstić information content (AvgIpc) is 3.49. The molecule has 4 heterocycles. The van der Waals surface area contributed by atoms with Crippen LogP contribution in [-0.4, -0.2) is 71.5 Å². The fourth-order valence-corrected chi connectivity index (χ4v) is 5.35. The van der Waals surface area contributed by atoms with Gasteiger partial charge in [-0.25, -0.2) is 4.79 Å². The molecular weight excluding hydrogens is 566 g/mol. The molecule has 3 aliphatic rings. The minimum Gasteiger partial charge on any atom is -0.496 e. The second kappa shape index (κ2) is 12.4. The number of ether oxygens (including phenoxy) is 3. The van der Waals surface area contributed by atoms with Crippen molar-refractivity contribution in [2.45, 2.75) is 25.1 Å². The molecule has 4 aromatic rings. The number of H-pyrrole nitrogens is 2. The van der Waals surface area contributed by atoms with Crippen LogP contribution in [0.3, 0.4) is 0 Å². The zero-order valence-corrected chi connectivity index (χ0v) is 23.9. The Hall–Kier alpha value is -5.52. The van der Waals surface area contributed by atoms with Crippen LogP contribution in [-0.2, 0) is 11.3 Å². The van der Waals surface area contributed by atoms with Gasteiger partial charge in [-0.2, -0.15) is 0 Å². The Morgan fingerprint density at radius 3 is 2.59 bits per heavy atom. The number of amides is 3. The van der Waals surface area contributed by atoms with Crippen molar-refractivity contribution in [2.24, 2.45) is 0 Å². The largest absolute Gasteiger partial charge is 0.496 e. The number of likely N-dealkylation sites (tertiary alicyclic amines) is 1. The van der Waals surface area contributed by atoms with Gasteiger partial charge in [-0.3, -0.25) is 14.4 Å². The van der Waals surface area contributed by atoms with Gasteiger partial charge in [0.15, 0.2) is 6.61 Å². The number of hydrogen-bond donors (Lipinski definition) is 4. The number of rotatable bonds is 2. The standard InChI is InChI=1S/C32H31N5O7/c1-42-27-10-7-21-14-24(27)20-3-2-4-23(13-20)43-18-29(38)33-15-19-5-8-22(9-6-19)44-28-11-12-37(17-26(28)35-30(21)39)31(40)25-16-34-32(41)36-25/h2-10,13-14,16,26,28H,11-12,15,17-18H2,1H3,(H,33,38)(H,35,39)(H2,34,36,41)/t26-,28-/m1/s1. The first-order valence-electron chi connectivity index (χ1n) is 14.2. The number of fused-ring (bicyclic) bond motifs is 7. The Kier molecular flexibility index (Phi) is 8.04. The van der Waals surface area contributed by atoms with Gasteiger partial charge in [-0.15, -0.1) is 0 Å². The van der Waals surface area contributed by atoms with Gasteiger partial charge in [0.05, 0.1) is 13.2 Å². The summed E-state index contributed by atoms with van der Waals surface area (Å²) in [7, 11) is 1.55. The van der Waals surface area contributed by atoms with Crippen molar-refractivity contribution in [1.82, 2.24) is 25.5 Å². The Balaban J connectivity index is 1.34. The topological polar surface area (TPSA) is 155 Å². The molecular formula is C32H31N5O7. The number of benzene rings is 3. The van der Waals surface area contributed by atoms with E-state index in [9.17, 15) is 19.2 Å². The van der Waals surface area contributed by atoms with Gasteiger partial charge in [0.2, 0.25) is 0 Å². The molecule has 3 aliphatic heterocycles. The van der Waals surface area contributed by atoms with Gasteiger partial charge >= 0.3 is 5.69 Å². The van der Waals surface area contributed by atoms with Crippen LogP contribution in [0.1, 0.15) is 32.8 Å². The van der Waals surface area contributed by atoms with E-state index < -0.39 is 17.8 Å². The molecule has 1 saturated heterocycles. The lowest BCUT2D eigenvalue weighted by Crippen LogP contribution is -2.58. The molecule has 0 spiro atoms. The van der Waals surface area contributed by atoms with Crippen molar-refractivity contribution in [3.63, 3.8) is 0 Å². The number of carbonyl (C=O) groups is 3. The molecule has 226 valence electrons. The summed E-state index contributed by atoms with van der Waals surface area (Å²) in [5.74, 6) is 0.645. The first-order chi connectivity index (χ1) is 21.4. The monoisotopic (exact) mass is 597 g/mol. The molecule has 1 aromatic heterocycles. The van der Waals surface area contributed by atoms with Crippen LogP contribution < -0.4 is 30.5 Å². The van der Waals surface area contributed by atoms with Crippen molar-refractivity contribution in [3.8, 4) is 28.4 Å². The fourth-order valence-electron chi connectivity index (χ4n) is 5.35. The third kappa shape index (κ3) is 6.28. The molecule has 0 radical (unpaired) electrons. The molecule has 1 fully saturated rings. The summed E-state index contributed by atoms with van der Waals surface area (Å²) in [4.78, 5) is 57.5. The van der Waals surface area contributed by atoms with Crippen LogP contribution in [0.15, 0.2) is 77.7 Å². The molecule has 6 bridgehead atoms. The van der Waals surface area contributed by atoms with Crippen LogP contribution >= 0.6 is 0 Å². The van der Waals surface area contributed by atoms with E-state index in [1.54, 1.807) is 60.5 Å². The third-order valence-corrected chi connectivity index (χ3v) is 7.66. The number of imidazole rings is 1. The minimum absolute atomic E-state index is 0.140. The lowest BCUT2D eigenvalue weighted by atomic mass is 9.99. The number of aromatic amines is 2. The summed E-state index contributed by atoms with van der Waals surface area (Å²) in [5, 5.41) is 5.94. The van der Waals surface area contributed by atoms with Gasteiger partial charge in [-0.1, -0.05) is 24.3 Å². The van der Waals surface area contributed by atoms with Gasteiger partial charge in [0.1, 0.15) is 29.0 Å². The van der Waals surface area contributed by atoms with Gasteiger partial charge in [0, 0.05) is 43.4 Å². The maximum atomic E-state index is 13.7. The summed E-state index contributed by atoms with van der Waals surface area (Å²) >= 11 is 0. The highest BCUT2D eigenvalue weighted by molar-refractivity contribution is 5.97. The maximum Gasteiger partial charge on any atom is 0.323 e. The molecule has 3 amide bonds. The quantitative estimate of drug-likeness (QED) is 0.277. The van der Waals surface area contributed by atoms with Crippen molar-refractivity contribution in [2.75, 3.05) is 26.8 Å². The first kappa shape index (κ1) is 28.6. The number of carbonyl (C=O) groups excluding carboxylic acids is 3. The Labute approximate surface area is 252 Å². The number of piperidine rings is 1.